The summed E-state index contributed by atoms with van der Waals surface area (Å²) in [5.41, 5.74) is 0.930. The van der Waals surface area contributed by atoms with Gasteiger partial charge in [-0.2, -0.15) is 24.5 Å². The molecular formula is C21H12F3NOS. The van der Waals surface area contributed by atoms with E-state index in [2.05, 4.69) is 4.98 Å². The van der Waals surface area contributed by atoms with E-state index in [4.69, 9.17) is 0 Å². The van der Waals surface area contributed by atoms with E-state index in [1.165, 1.54) is 23.6 Å². The SMILES string of the molecule is O=C(c1ccsc1)c1cnc2c(C(F)(F)F)cccc2c1-c1ccccc1. The Kier molecular flexibility index (Phi) is 4.28. The number of thiophene rings is 1. The van der Waals surface area contributed by atoms with Crippen molar-refractivity contribution in [3.63, 3.8) is 0 Å². The molecule has 27 heavy (non-hydrogen) atoms. The monoisotopic (exact) mass is 383 g/mol. The smallest absolute Gasteiger partial charge is 0.288 e. The topological polar surface area (TPSA) is 30.0 Å². The number of ketones is 1. The molecule has 2 nitrogen and oxygen atoms in total. The van der Waals surface area contributed by atoms with Crippen molar-refractivity contribution < 1.29 is 18.0 Å². The molecule has 0 saturated heterocycles. The van der Waals surface area contributed by atoms with Gasteiger partial charge in [-0.25, -0.2) is 0 Å². The van der Waals surface area contributed by atoms with Crippen LogP contribution in [0, 0.1) is 0 Å². The molecule has 0 fully saturated rings. The van der Waals surface area contributed by atoms with Gasteiger partial charge < -0.3 is 0 Å². The molecule has 0 spiro atoms. The number of nitrogens with zero attached hydrogens (tertiary/aromatic N) is 1. The number of benzene rings is 2. The Labute approximate surface area is 156 Å². The predicted octanol–water partition coefficient (Wildman–Crippen LogP) is 6.21. The maximum Gasteiger partial charge on any atom is 0.418 e. The maximum atomic E-state index is 13.4. The molecular weight excluding hydrogens is 371 g/mol. The Morgan fingerprint density at radius 2 is 1.74 bits per heavy atom. The zero-order valence-corrected chi connectivity index (χ0v) is 14.6. The second kappa shape index (κ2) is 6.63. The molecule has 0 aliphatic carbocycles. The van der Waals surface area contributed by atoms with Gasteiger partial charge in [0.15, 0.2) is 5.78 Å². The molecule has 2 aromatic heterocycles. The lowest BCUT2D eigenvalue weighted by Gasteiger charge is -2.15. The molecule has 134 valence electrons. The third-order valence-corrected chi connectivity index (χ3v) is 4.98. The zero-order valence-electron chi connectivity index (χ0n) is 13.8. The van der Waals surface area contributed by atoms with Crippen LogP contribution in [0.2, 0.25) is 0 Å². The first-order valence-corrected chi connectivity index (χ1v) is 9.02. The normalized spacial score (nSPS) is 11.7. The first-order chi connectivity index (χ1) is 13.0. The summed E-state index contributed by atoms with van der Waals surface area (Å²) in [7, 11) is 0. The van der Waals surface area contributed by atoms with Crippen LogP contribution in [0.3, 0.4) is 0 Å². The third-order valence-electron chi connectivity index (χ3n) is 4.29. The van der Waals surface area contributed by atoms with Crippen LogP contribution in [0.5, 0.6) is 0 Å². The molecule has 0 N–H and O–H groups in total. The van der Waals surface area contributed by atoms with Crippen LogP contribution in [-0.4, -0.2) is 10.8 Å². The molecule has 2 heterocycles. The Morgan fingerprint density at radius 3 is 2.41 bits per heavy atom. The van der Waals surface area contributed by atoms with Gasteiger partial charge in [-0.3, -0.25) is 9.78 Å². The lowest BCUT2D eigenvalue weighted by molar-refractivity contribution is -0.136. The van der Waals surface area contributed by atoms with E-state index in [9.17, 15) is 18.0 Å². The number of hydrogen-bond donors (Lipinski definition) is 0. The number of aromatic nitrogens is 1. The van der Waals surface area contributed by atoms with Crippen LogP contribution in [0.15, 0.2) is 71.6 Å². The fourth-order valence-corrected chi connectivity index (χ4v) is 3.72. The molecule has 2 aromatic carbocycles. The summed E-state index contributed by atoms with van der Waals surface area (Å²) in [6, 6.07) is 14.6. The van der Waals surface area contributed by atoms with Crippen LogP contribution in [0.1, 0.15) is 21.5 Å². The molecule has 0 amide bonds. The third kappa shape index (κ3) is 3.13. The molecule has 0 aliphatic rings. The number of fused-ring (bicyclic) bond motifs is 1. The molecule has 0 aliphatic heterocycles. The largest absolute Gasteiger partial charge is 0.418 e. The van der Waals surface area contributed by atoms with Crippen molar-refractivity contribution in [2.75, 3.05) is 0 Å². The van der Waals surface area contributed by atoms with E-state index in [0.717, 1.165) is 6.07 Å². The van der Waals surface area contributed by atoms with Crippen molar-refractivity contribution in [2.45, 2.75) is 6.18 Å². The average Bonchev–Trinajstić information content (AvgIpc) is 3.20. The minimum absolute atomic E-state index is 0.161. The van der Waals surface area contributed by atoms with E-state index < -0.39 is 11.7 Å². The molecule has 0 bridgehead atoms. The second-order valence-electron chi connectivity index (χ2n) is 5.95. The number of rotatable bonds is 3. The van der Waals surface area contributed by atoms with Gasteiger partial charge >= 0.3 is 6.18 Å². The highest BCUT2D eigenvalue weighted by molar-refractivity contribution is 7.08. The number of halogens is 3. The molecule has 0 atom stereocenters. The molecule has 0 unspecified atom stereocenters. The van der Waals surface area contributed by atoms with Gasteiger partial charge in [0.1, 0.15) is 0 Å². The molecule has 0 radical (unpaired) electrons. The van der Waals surface area contributed by atoms with E-state index in [-0.39, 0.29) is 16.9 Å². The van der Waals surface area contributed by atoms with E-state index >= 15 is 0 Å². The highest BCUT2D eigenvalue weighted by Crippen LogP contribution is 2.38. The fourth-order valence-electron chi connectivity index (χ4n) is 3.09. The van der Waals surface area contributed by atoms with Gasteiger partial charge in [0.25, 0.3) is 0 Å². The van der Waals surface area contributed by atoms with Crippen molar-refractivity contribution in [1.82, 2.24) is 4.98 Å². The maximum absolute atomic E-state index is 13.4. The molecule has 4 rings (SSSR count). The highest BCUT2D eigenvalue weighted by Gasteiger charge is 2.34. The standard InChI is InChI=1S/C21H12F3NOS/c22-21(23,24)17-8-4-7-15-18(13-5-2-1-3-6-13)16(11-25-19(15)17)20(26)14-9-10-27-12-14/h1-12H. The predicted molar refractivity (Wildman–Crippen MR) is 99.9 cm³/mol. The molecule has 6 heteroatoms. The number of pyridine rings is 1. The molecule has 4 aromatic rings. The first kappa shape index (κ1) is 17.4. The van der Waals surface area contributed by atoms with E-state index in [1.807, 2.05) is 6.07 Å². The number of carbonyl (C=O) groups excluding carboxylic acids is 1. The fraction of sp³-hybridized carbons (Fsp3) is 0.0476. The highest BCUT2D eigenvalue weighted by atomic mass is 32.1. The van der Waals surface area contributed by atoms with Gasteiger partial charge in [0, 0.05) is 33.7 Å². The van der Waals surface area contributed by atoms with Crippen LogP contribution in [0.4, 0.5) is 13.2 Å². The van der Waals surface area contributed by atoms with Crippen LogP contribution < -0.4 is 0 Å². The first-order valence-electron chi connectivity index (χ1n) is 8.08. The lowest BCUT2D eigenvalue weighted by Crippen LogP contribution is -2.09. The Bertz CT molecular complexity index is 1120. The Balaban J connectivity index is 2.07. The van der Waals surface area contributed by atoms with E-state index in [0.29, 0.717) is 22.1 Å². The summed E-state index contributed by atoms with van der Waals surface area (Å²) in [5.74, 6) is -0.262. The number of hydrogen-bond acceptors (Lipinski definition) is 3. The Hall–Kier alpha value is -2.99. The van der Waals surface area contributed by atoms with Crippen molar-refractivity contribution >= 4 is 28.0 Å². The van der Waals surface area contributed by atoms with Crippen molar-refractivity contribution in [2.24, 2.45) is 0 Å². The van der Waals surface area contributed by atoms with Gasteiger partial charge in [0.2, 0.25) is 0 Å². The summed E-state index contributed by atoms with van der Waals surface area (Å²) >= 11 is 1.38. The summed E-state index contributed by atoms with van der Waals surface area (Å²) in [6.45, 7) is 0. The van der Waals surface area contributed by atoms with Gasteiger partial charge in [-0.15, -0.1) is 0 Å². The number of carbonyl (C=O) groups is 1. The van der Waals surface area contributed by atoms with Gasteiger partial charge in [0.05, 0.1) is 11.1 Å². The summed E-state index contributed by atoms with van der Waals surface area (Å²) in [5, 5.41) is 3.80. The van der Waals surface area contributed by atoms with Crippen LogP contribution in [-0.2, 0) is 6.18 Å². The summed E-state index contributed by atoms with van der Waals surface area (Å²) in [4.78, 5) is 17.0. The number of alkyl halides is 3. The zero-order chi connectivity index (χ0) is 19.0. The van der Waals surface area contributed by atoms with E-state index in [1.54, 1.807) is 47.2 Å². The minimum atomic E-state index is -4.53. The van der Waals surface area contributed by atoms with Crippen molar-refractivity contribution in [3.8, 4) is 11.1 Å². The summed E-state index contributed by atoms with van der Waals surface area (Å²) in [6.07, 6.45) is -3.28. The Morgan fingerprint density at radius 1 is 0.963 bits per heavy atom. The summed E-state index contributed by atoms with van der Waals surface area (Å²) < 4.78 is 40.3. The van der Waals surface area contributed by atoms with Gasteiger partial charge in [-0.1, -0.05) is 42.5 Å². The molecule has 0 saturated carbocycles. The van der Waals surface area contributed by atoms with Crippen molar-refractivity contribution in [3.05, 3.63) is 88.2 Å². The quantitative estimate of drug-likeness (QED) is 0.394. The lowest BCUT2D eigenvalue weighted by atomic mass is 9.92. The number of para-hydroxylation sites is 1. The minimum Gasteiger partial charge on any atom is -0.288 e. The van der Waals surface area contributed by atoms with Crippen molar-refractivity contribution in [1.29, 1.82) is 0 Å². The van der Waals surface area contributed by atoms with Gasteiger partial charge in [-0.05, 0) is 23.1 Å². The second-order valence-corrected chi connectivity index (χ2v) is 6.73. The average molecular weight is 383 g/mol. The van der Waals surface area contributed by atoms with Crippen LogP contribution in [0.25, 0.3) is 22.0 Å². The van der Waals surface area contributed by atoms with Crippen LogP contribution >= 0.6 is 11.3 Å².